The Hall–Kier alpha value is -2.75. The predicted octanol–water partition coefficient (Wildman–Crippen LogP) is 0.787. The zero-order valence-electron chi connectivity index (χ0n) is 10.7. The van der Waals surface area contributed by atoms with E-state index in [0.717, 1.165) is 12.1 Å². The van der Waals surface area contributed by atoms with Crippen LogP contribution in [0.5, 0.6) is 0 Å². The van der Waals surface area contributed by atoms with Crippen LogP contribution >= 0.6 is 0 Å². The number of nitrogens with one attached hydrogen (secondary N) is 2. The molecule has 0 saturated heterocycles. The number of benzene rings is 1. The Labute approximate surface area is 118 Å². The Morgan fingerprint density at radius 1 is 1.29 bits per heavy atom. The Bertz CT molecular complexity index is 839. The molecule has 0 unspecified atom stereocenters. The van der Waals surface area contributed by atoms with Crippen molar-refractivity contribution in [3.8, 4) is 0 Å². The molecule has 1 aromatic heterocycles. The van der Waals surface area contributed by atoms with Crippen LogP contribution in [0.1, 0.15) is 5.56 Å². The lowest BCUT2D eigenvalue weighted by atomic mass is 10.2. The second kappa shape index (κ2) is 5.32. The van der Waals surface area contributed by atoms with E-state index >= 15 is 0 Å². The predicted molar refractivity (Wildman–Crippen MR) is 73.5 cm³/mol. The highest BCUT2D eigenvalue weighted by atomic mass is 32.2. The topological polar surface area (TPSA) is 135 Å². The van der Waals surface area contributed by atoms with Crippen molar-refractivity contribution in [2.24, 2.45) is 0 Å². The van der Waals surface area contributed by atoms with Gasteiger partial charge >= 0.3 is 0 Å². The van der Waals surface area contributed by atoms with Crippen LogP contribution in [0.15, 0.2) is 40.0 Å². The fourth-order valence-corrected chi connectivity index (χ4v) is 2.57. The van der Waals surface area contributed by atoms with Gasteiger partial charge in [-0.05, 0) is 19.1 Å². The summed E-state index contributed by atoms with van der Waals surface area (Å²) >= 11 is 0. The number of nitro benzene ring substituents is 1. The average Bonchev–Trinajstić information content (AvgIpc) is 2.41. The lowest BCUT2D eigenvalue weighted by Gasteiger charge is -2.07. The van der Waals surface area contributed by atoms with Gasteiger partial charge in [-0.15, -0.1) is 0 Å². The molecule has 0 spiro atoms. The number of nitro groups is 1. The van der Waals surface area contributed by atoms with Crippen molar-refractivity contribution in [3.63, 3.8) is 0 Å². The molecule has 0 aliphatic carbocycles. The van der Waals surface area contributed by atoms with Gasteiger partial charge in [-0.25, -0.2) is 13.5 Å². The molecule has 21 heavy (non-hydrogen) atoms. The molecule has 0 bridgehead atoms. The van der Waals surface area contributed by atoms with Gasteiger partial charge in [-0.3, -0.25) is 19.6 Å². The van der Waals surface area contributed by atoms with Gasteiger partial charge in [0.25, 0.3) is 21.3 Å². The van der Waals surface area contributed by atoms with Gasteiger partial charge in [0.2, 0.25) is 0 Å². The summed E-state index contributed by atoms with van der Waals surface area (Å²) in [6.45, 7) is 1.51. The molecule has 1 aromatic carbocycles. The lowest BCUT2D eigenvalue weighted by molar-refractivity contribution is -0.385. The smallest absolute Gasteiger partial charge is 0.268 e. The summed E-state index contributed by atoms with van der Waals surface area (Å²) < 4.78 is 26.3. The molecule has 2 aromatic rings. The molecule has 1 heterocycles. The zero-order valence-corrected chi connectivity index (χ0v) is 11.5. The third-order valence-corrected chi connectivity index (χ3v) is 3.96. The van der Waals surface area contributed by atoms with Crippen molar-refractivity contribution in [2.75, 3.05) is 4.72 Å². The summed E-state index contributed by atoms with van der Waals surface area (Å²) in [7, 11) is -4.04. The number of aromatic amines is 1. The summed E-state index contributed by atoms with van der Waals surface area (Å²) in [6.07, 6.45) is 0. The summed E-state index contributed by atoms with van der Waals surface area (Å²) in [5, 5.41) is 16.4. The number of hydrogen-bond acceptors (Lipinski definition) is 6. The van der Waals surface area contributed by atoms with E-state index in [9.17, 15) is 23.3 Å². The summed E-state index contributed by atoms with van der Waals surface area (Å²) in [5.41, 5.74) is -0.433. The second-order valence-corrected chi connectivity index (χ2v) is 5.80. The van der Waals surface area contributed by atoms with Crippen LogP contribution < -0.4 is 10.3 Å². The molecule has 9 nitrogen and oxygen atoms in total. The summed E-state index contributed by atoms with van der Waals surface area (Å²) in [6, 6.07) is 5.83. The van der Waals surface area contributed by atoms with E-state index in [0.29, 0.717) is 5.56 Å². The molecule has 2 N–H and O–H groups in total. The van der Waals surface area contributed by atoms with Crippen molar-refractivity contribution in [3.05, 3.63) is 56.4 Å². The van der Waals surface area contributed by atoms with Gasteiger partial charge in [0.15, 0.2) is 5.82 Å². The van der Waals surface area contributed by atoms with Gasteiger partial charge in [-0.2, -0.15) is 5.10 Å². The Balaban J connectivity index is 2.40. The van der Waals surface area contributed by atoms with Gasteiger partial charge in [0, 0.05) is 17.7 Å². The van der Waals surface area contributed by atoms with E-state index in [4.69, 9.17) is 0 Å². The minimum atomic E-state index is -4.04. The molecule has 0 atom stereocenters. The van der Waals surface area contributed by atoms with E-state index in [1.807, 2.05) is 0 Å². The molecule has 110 valence electrons. The second-order valence-electron chi connectivity index (χ2n) is 4.12. The molecule has 2 rings (SSSR count). The van der Waals surface area contributed by atoms with E-state index in [2.05, 4.69) is 14.9 Å². The highest BCUT2D eigenvalue weighted by Crippen LogP contribution is 2.23. The van der Waals surface area contributed by atoms with Crippen LogP contribution in [0, 0.1) is 17.0 Å². The average molecular weight is 310 g/mol. The normalized spacial score (nSPS) is 11.1. The molecular weight excluding hydrogens is 300 g/mol. The quantitative estimate of drug-likeness (QED) is 0.633. The van der Waals surface area contributed by atoms with E-state index < -0.39 is 20.5 Å². The van der Waals surface area contributed by atoms with Gasteiger partial charge < -0.3 is 0 Å². The van der Waals surface area contributed by atoms with Gasteiger partial charge in [-0.1, -0.05) is 6.07 Å². The molecular formula is C11H10N4O5S. The number of aryl methyl sites for hydroxylation is 1. The first-order valence-corrected chi connectivity index (χ1v) is 7.11. The first kappa shape index (κ1) is 14.7. The van der Waals surface area contributed by atoms with E-state index in [1.54, 1.807) is 0 Å². The number of sulfonamides is 1. The monoisotopic (exact) mass is 310 g/mol. The summed E-state index contributed by atoms with van der Waals surface area (Å²) in [4.78, 5) is 20.7. The third kappa shape index (κ3) is 3.23. The largest absolute Gasteiger partial charge is 0.273 e. The van der Waals surface area contributed by atoms with Crippen LogP contribution in [0.4, 0.5) is 11.5 Å². The molecule has 0 radical (unpaired) electrons. The van der Waals surface area contributed by atoms with Crippen molar-refractivity contribution < 1.29 is 13.3 Å². The lowest BCUT2D eigenvalue weighted by Crippen LogP contribution is -2.16. The first-order valence-electron chi connectivity index (χ1n) is 5.63. The minimum Gasteiger partial charge on any atom is -0.268 e. The van der Waals surface area contributed by atoms with Gasteiger partial charge in [0.1, 0.15) is 0 Å². The Kier molecular flexibility index (Phi) is 3.72. The number of rotatable bonds is 4. The van der Waals surface area contributed by atoms with Crippen LogP contribution in [-0.2, 0) is 10.0 Å². The standard InChI is InChI=1S/C11H10N4O5S/c1-7-2-3-8(6-9(7)15(17)18)21(19,20)14-10-4-5-11(16)13-12-10/h2-6H,1H3,(H,12,14)(H,13,16). The first-order chi connectivity index (χ1) is 9.79. The van der Waals surface area contributed by atoms with Gasteiger partial charge in [0.05, 0.1) is 9.82 Å². The maximum atomic E-state index is 12.1. The minimum absolute atomic E-state index is 0.0992. The number of hydrogen-bond donors (Lipinski definition) is 2. The highest BCUT2D eigenvalue weighted by molar-refractivity contribution is 7.92. The number of H-pyrrole nitrogens is 1. The Morgan fingerprint density at radius 2 is 2.00 bits per heavy atom. The number of nitrogens with zero attached hydrogens (tertiary/aromatic N) is 2. The molecule has 0 aliphatic rings. The fourth-order valence-electron chi connectivity index (χ4n) is 1.55. The Morgan fingerprint density at radius 3 is 2.57 bits per heavy atom. The van der Waals surface area contributed by atoms with Crippen molar-refractivity contribution in [1.82, 2.24) is 10.2 Å². The molecule has 0 saturated carbocycles. The number of aromatic nitrogens is 2. The SMILES string of the molecule is Cc1ccc(S(=O)(=O)Nc2ccc(=O)[nH]n2)cc1[N+](=O)[O-]. The molecule has 0 fully saturated rings. The van der Waals surface area contributed by atoms with E-state index in [-0.39, 0.29) is 16.4 Å². The molecule has 10 heteroatoms. The van der Waals surface area contributed by atoms with Crippen LogP contribution in [0.2, 0.25) is 0 Å². The van der Waals surface area contributed by atoms with Crippen LogP contribution in [0.3, 0.4) is 0 Å². The van der Waals surface area contributed by atoms with Crippen LogP contribution in [0.25, 0.3) is 0 Å². The van der Waals surface area contributed by atoms with Crippen molar-refractivity contribution in [1.29, 1.82) is 0 Å². The van der Waals surface area contributed by atoms with Crippen LogP contribution in [-0.4, -0.2) is 23.5 Å². The fraction of sp³-hybridized carbons (Fsp3) is 0.0909. The van der Waals surface area contributed by atoms with Crippen molar-refractivity contribution >= 4 is 21.5 Å². The highest BCUT2D eigenvalue weighted by Gasteiger charge is 2.20. The zero-order chi connectivity index (χ0) is 15.6. The summed E-state index contributed by atoms with van der Waals surface area (Å²) in [5.74, 6) is -0.0992. The maximum Gasteiger partial charge on any atom is 0.273 e. The molecule has 0 amide bonds. The third-order valence-electron chi connectivity index (χ3n) is 2.61. The van der Waals surface area contributed by atoms with Crippen molar-refractivity contribution in [2.45, 2.75) is 11.8 Å². The molecule has 0 aliphatic heterocycles. The maximum absolute atomic E-state index is 12.1. The van der Waals surface area contributed by atoms with E-state index in [1.165, 1.54) is 25.1 Å². The number of anilines is 1.